The standard InChI is InChI=1S/C20H21ClN2O4/c1-3-23(4-2)20(25)13-7-5-6-8-16(13)22-19(24)14-11-17-18(12-15(14)21)27-10-9-26-17/h5-8,11-12H,3-4,9-10H2,1-2H3,(H,22,24). The molecule has 1 aliphatic heterocycles. The molecule has 1 heterocycles. The van der Waals surface area contributed by atoms with Crippen LogP contribution >= 0.6 is 11.6 Å². The van der Waals surface area contributed by atoms with Crippen LogP contribution in [0.4, 0.5) is 5.69 Å². The van der Waals surface area contributed by atoms with Crippen LogP contribution in [-0.4, -0.2) is 43.0 Å². The number of hydrogen-bond donors (Lipinski definition) is 1. The predicted molar refractivity (Wildman–Crippen MR) is 104 cm³/mol. The lowest BCUT2D eigenvalue weighted by Gasteiger charge is -2.21. The molecule has 6 nitrogen and oxygen atoms in total. The van der Waals surface area contributed by atoms with Gasteiger partial charge in [0.15, 0.2) is 11.5 Å². The number of halogens is 1. The Bertz CT molecular complexity index is 865. The third-order valence-electron chi connectivity index (χ3n) is 4.33. The molecule has 2 aromatic carbocycles. The first-order chi connectivity index (χ1) is 13.0. The highest BCUT2D eigenvalue weighted by molar-refractivity contribution is 6.34. The lowest BCUT2D eigenvalue weighted by molar-refractivity contribution is 0.0774. The van der Waals surface area contributed by atoms with Gasteiger partial charge in [0.1, 0.15) is 13.2 Å². The molecule has 142 valence electrons. The average Bonchev–Trinajstić information content (AvgIpc) is 2.68. The Kier molecular flexibility index (Phi) is 5.86. The highest BCUT2D eigenvalue weighted by Gasteiger charge is 2.21. The van der Waals surface area contributed by atoms with Crippen LogP contribution in [0, 0.1) is 0 Å². The maximum atomic E-state index is 12.8. The Hall–Kier alpha value is -2.73. The van der Waals surface area contributed by atoms with Gasteiger partial charge >= 0.3 is 0 Å². The van der Waals surface area contributed by atoms with Gasteiger partial charge in [-0.15, -0.1) is 0 Å². The van der Waals surface area contributed by atoms with Crippen LogP contribution in [0.15, 0.2) is 36.4 Å². The number of carbonyl (C=O) groups is 2. The van der Waals surface area contributed by atoms with E-state index in [1.165, 1.54) is 0 Å². The number of nitrogens with zero attached hydrogens (tertiary/aromatic N) is 1. The van der Waals surface area contributed by atoms with Gasteiger partial charge in [-0.25, -0.2) is 0 Å². The van der Waals surface area contributed by atoms with E-state index in [0.717, 1.165) is 0 Å². The third-order valence-corrected chi connectivity index (χ3v) is 4.65. The SMILES string of the molecule is CCN(CC)C(=O)c1ccccc1NC(=O)c1cc2c(cc1Cl)OCCO2. The van der Waals surface area contributed by atoms with E-state index in [0.29, 0.717) is 49.1 Å². The molecule has 1 aliphatic rings. The van der Waals surface area contributed by atoms with Crippen molar-refractivity contribution in [2.75, 3.05) is 31.6 Å². The number of amides is 2. The van der Waals surface area contributed by atoms with Crippen LogP contribution in [0.1, 0.15) is 34.6 Å². The van der Waals surface area contributed by atoms with Gasteiger partial charge in [0.05, 0.1) is 21.8 Å². The lowest BCUT2D eigenvalue weighted by atomic mass is 10.1. The highest BCUT2D eigenvalue weighted by atomic mass is 35.5. The van der Waals surface area contributed by atoms with Gasteiger partial charge < -0.3 is 19.7 Å². The Morgan fingerprint density at radius 1 is 1.04 bits per heavy atom. The maximum absolute atomic E-state index is 12.8. The second-order valence-electron chi connectivity index (χ2n) is 5.95. The van der Waals surface area contributed by atoms with Gasteiger partial charge in [0, 0.05) is 19.2 Å². The van der Waals surface area contributed by atoms with Crippen LogP contribution in [0.2, 0.25) is 5.02 Å². The molecule has 0 atom stereocenters. The average molecular weight is 389 g/mol. The number of para-hydroxylation sites is 1. The van der Waals surface area contributed by atoms with Gasteiger partial charge in [-0.3, -0.25) is 9.59 Å². The smallest absolute Gasteiger partial charge is 0.257 e. The topological polar surface area (TPSA) is 67.9 Å². The van der Waals surface area contributed by atoms with Crippen LogP contribution in [-0.2, 0) is 0 Å². The number of nitrogens with one attached hydrogen (secondary N) is 1. The summed E-state index contributed by atoms with van der Waals surface area (Å²) < 4.78 is 11.0. The molecule has 0 bridgehead atoms. The largest absolute Gasteiger partial charge is 0.486 e. The number of rotatable bonds is 5. The van der Waals surface area contributed by atoms with Crippen molar-refractivity contribution in [1.82, 2.24) is 4.90 Å². The summed E-state index contributed by atoms with van der Waals surface area (Å²) in [6.07, 6.45) is 0. The van der Waals surface area contributed by atoms with Crippen LogP contribution in [0.5, 0.6) is 11.5 Å². The number of anilines is 1. The van der Waals surface area contributed by atoms with Crippen molar-refractivity contribution in [2.45, 2.75) is 13.8 Å². The Labute approximate surface area is 163 Å². The van der Waals surface area contributed by atoms with Crippen molar-refractivity contribution >= 4 is 29.1 Å². The van der Waals surface area contributed by atoms with Crippen molar-refractivity contribution in [3.05, 3.63) is 52.5 Å². The van der Waals surface area contributed by atoms with E-state index < -0.39 is 5.91 Å². The van der Waals surface area contributed by atoms with Crippen molar-refractivity contribution in [1.29, 1.82) is 0 Å². The molecule has 3 rings (SSSR count). The molecule has 0 unspecified atom stereocenters. The zero-order valence-corrected chi connectivity index (χ0v) is 16.0. The van der Waals surface area contributed by atoms with Gasteiger partial charge in [0.25, 0.3) is 11.8 Å². The molecule has 0 fully saturated rings. The predicted octanol–water partition coefficient (Wildman–Crippen LogP) is 3.85. The van der Waals surface area contributed by atoms with Crippen molar-refractivity contribution < 1.29 is 19.1 Å². The van der Waals surface area contributed by atoms with Crippen LogP contribution < -0.4 is 14.8 Å². The second kappa shape index (κ2) is 8.31. The van der Waals surface area contributed by atoms with Crippen molar-refractivity contribution in [2.24, 2.45) is 0 Å². The van der Waals surface area contributed by atoms with E-state index in [2.05, 4.69) is 5.32 Å². The molecular formula is C20H21ClN2O4. The first-order valence-electron chi connectivity index (χ1n) is 8.84. The van der Waals surface area contributed by atoms with E-state index in [1.54, 1.807) is 41.3 Å². The minimum Gasteiger partial charge on any atom is -0.486 e. The number of benzene rings is 2. The van der Waals surface area contributed by atoms with E-state index in [4.69, 9.17) is 21.1 Å². The number of fused-ring (bicyclic) bond motifs is 1. The van der Waals surface area contributed by atoms with Gasteiger partial charge in [-0.05, 0) is 32.0 Å². The second-order valence-corrected chi connectivity index (χ2v) is 6.36. The fraction of sp³-hybridized carbons (Fsp3) is 0.300. The Morgan fingerprint density at radius 3 is 2.33 bits per heavy atom. The van der Waals surface area contributed by atoms with Crippen LogP contribution in [0.3, 0.4) is 0 Å². The van der Waals surface area contributed by atoms with Gasteiger partial charge in [0.2, 0.25) is 0 Å². The summed E-state index contributed by atoms with van der Waals surface area (Å²) >= 11 is 6.25. The van der Waals surface area contributed by atoms with E-state index in [9.17, 15) is 9.59 Å². The summed E-state index contributed by atoms with van der Waals surface area (Å²) in [6, 6.07) is 10.0. The molecule has 0 saturated heterocycles. The molecule has 1 N–H and O–H groups in total. The fourth-order valence-electron chi connectivity index (χ4n) is 2.89. The van der Waals surface area contributed by atoms with Crippen LogP contribution in [0.25, 0.3) is 0 Å². The van der Waals surface area contributed by atoms with E-state index >= 15 is 0 Å². The Balaban J connectivity index is 1.88. The first-order valence-corrected chi connectivity index (χ1v) is 9.21. The molecular weight excluding hydrogens is 368 g/mol. The number of hydrogen-bond acceptors (Lipinski definition) is 4. The first kappa shape index (κ1) is 19.0. The number of ether oxygens (including phenoxy) is 2. The van der Waals surface area contributed by atoms with Crippen molar-refractivity contribution in [3.63, 3.8) is 0 Å². The van der Waals surface area contributed by atoms with E-state index in [-0.39, 0.29) is 16.5 Å². The van der Waals surface area contributed by atoms with Gasteiger partial charge in [-0.2, -0.15) is 0 Å². The normalized spacial score (nSPS) is 12.4. The summed E-state index contributed by atoms with van der Waals surface area (Å²) in [4.78, 5) is 27.2. The molecule has 27 heavy (non-hydrogen) atoms. The fourth-order valence-corrected chi connectivity index (χ4v) is 3.13. The zero-order valence-electron chi connectivity index (χ0n) is 15.3. The molecule has 0 aliphatic carbocycles. The molecule has 0 aromatic heterocycles. The summed E-state index contributed by atoms with van der Waals surface area (Å²) in [5, 5.41) is 3.05. The maximum Gasteiger partial charge on any atom is 0.257 e. The highest BCUT2D eigenvalue weighted by Crippen LogP contribution is 2.35. The minimum atomic E-state index is -0.420. The molecule has 7 heteroatoms. The molecule has 0 radical (unpaired) electrons. The monoisotopic (exact) mass is 388 g/mol. The van der Waals surface area contributed by atoms with Crippen molar-refractivity contribution in [3.8, 4) is 11.5 Å². The summed E-state index contributed by atoms with van der Waals surface area (Å²) in [5.74, 6) is 0.434. The summed E-state index contributed by atoms with van der Waals surface area (Å²) in [6.45, 7) is 5.86. The number of carbonyl (C=O) groups excluding carboxylic acids is 2. The van der Waals surface area contributed by atoms with E-state index in [1.807, 2.05) is 13.8 Å². The third kappa shape index (κ3) is 4.01. The molecule has 2 amide bonds. The van der Waals surface area contributed by atoms with Gasteiger partial charge in [-0.1, -0.05) is 23.7 Å². The quantitative estimate of drug-likeness (QED) is 0.844. The zero-order chi connectivity index (χ0) is 19.4. The molecule has 0 saturated carbocycles. The Morgan fingerprint density at radius 2 is 1.67 bits per heavy atom. The molecule has 2 aromatic rings. The lowest BCUT2D eigenvalue weighted by Crippen LogP contribution is -2.31. The molecule has 0 spiro atoms. The minimum absolute atomic E-state index is 0.135. The summed E-state index contributed by atoms with van der Waals surface area (Å²) in [7, 11) is 0. The summed E-state index contributed by atoms with van der Waals surface area (Å²) in [5.41, 5.74) is 1.12.